The van der Waals surface area contributed by atoms with Gasteiger partial charge in [0.25, 0.3) is 5.91 Å². The largest absolute Gasteiger partial charge is 0.497 e. The van der Waals surface area contributed by atoms with Gasteiger partial charge in [-0.2, -0.15) is 0 Å². The lowest BCUT2D eigenvalue weighted by Crippen LogP contribution is -3.11. The molecule has 0 spiro atoms. The van der Waals surface area contributed by atoms with Crippen molar-refractivity contribution >= 4 is 16.9 Å². The molecule has 0 aliphatic carbocycles. The van der Waals surface area contributed by atoms with E-state index in [-0.39, 0.29) is 5.91 Å². The molecule has 0 saturated heterocycles. The lowest BCUT2D eigenvalue weighted by molar-refractivity contribution is -0.896. The van der Waals surface area contributed by atoms with Crippen LogP contribution in [0.2, 0.25) is 0 Å². The van der Waals surface area contributed by atoms with E-state index in [4.69, 9.17) is 9.15 Å². The van der Waals surface area contributed by atoms with Gasteiger partial charge in [0.15, 0.2) is 5.76 Å². The first-order valence-corrected chi connectivity index (χ1v) is 8.29. The van der Waals surface area contributed by atoms with Gasteiger partial charge in [-0.25, -0.2) is 0 Å². The molecular formula is C18H27N2O3+. The molecule has 126 valence electrons. The third-order valence-electron chi connectivity index (χ3n) is 4.34. The highest BCUT2D eigenvalue weighted by atomic mass is 16.5. The lowest BCUT2D eigenvalue weighted by Gasteiger charge is -2.14. The van der Waals surface area contributed by atoms with Crippen LogP contribution in [0.25, 0.3) is 11.0 Å². The topological polar surface area (TPSA) is 55.9 Å². The van der Waals surface area contributed by atoms with Crippen molar-refractivity contribution in [1.82, 2.24) is 5.32 Å². The molecule has 0 unspecified atom stereocenters. The van der Waals surface area contributed by atoms with Gasteiger partial charge < -0.3 is 19.4 Å². The molecule has 2 rings (SSSR count). The summed E-state index contributed by atoms with van der Waals surface area (Å²) in [5, 5.41) is 3.87. The van der Waals surface area contributed by atoms with Crippen LogP contribution in [0.1, 0.15) is 36.4 Å². The van der Waals surface area contributed by atoms with E-state index in [1.807, 2.05) is 25.1 Å². The predicted octanol–water partition coefficient (Wildman–Crippen LogP) is 1.79. The van der Waals surface area contributed by atoms with Crippen LogP contribution in [0, 0.1) is 6.92 Å². The van der Waals surface area contributed by atoms with Crippen LogP contribution in [-0.4, -0.2) is 39.2 Å². The van der Waals surface area contributed by atoms with E-state index >= 15 is 0 Å². The van der Waals surface area contributed by atoms with Crippen LogP contribution in [0.4, 0.5) is 0 Å². The van der Waals surface area contributed by atoms with Crippen molar-refractivity contribution in [1.29, 1.82) is 0 Å². The van der Waals surface area contributed by atoms with Gasteiger partial charge in [0, 0.05) is 23.9 Å². The van der Waals surface area contributed by atoms with Crippen molar-refractivity contribution in [3.8, 4) is 5.75 Å². The molecule has 5 heteroatoms. The van der Waals surface area contributed by atoms with Crippen LogP contribution >= 0.6 is 0 Å². The first-order chi connectivity index (χ1) is 11.1. The van der Waals surface area contributed by atoms with Gasteiger partial charge in [-0.05, 0) is 39.0 Å². The number of ether oxygens (including phenoxy) is 1. The first-order valence-electron chi connectivity index (χ1n) is 8.29. The van der Waals surface area contributed by atoms with Crippen molar-refractivity contribution in [2.75, 3.05) is 33.3 Å². The number of benzene rings is 1. The van der Waals surface area contributed by atoms with Crippen molar-refractivity contribution in [3.05, 3.63) is 29.5 Å². The summed E-state index contributed by atoms with van der Waals surface area (Å²) in [6.45, 7) is 10.3. The van der Waals surface area contributed by atoms with Crippen molar-refractivity contribution in [2.45, 2.75) is 27.2 Å². The number of nitrogens with one attached hydrogen (secondary N) is 2. The minimum atomic E-state index is -0.146. The minimum Gasteiger partial charge on any atom is -0.497 e. The normalized spacial score (nSPS) is 11.2. The number of carbonyl (C=O) groups excluding carboxylic acids is 1. The van der Waals surface area contributed by atoms with Crippen LogP contribution in [0.15, 0.2) is 22.6 Å². The Balaban J connectivity index is 1.99. The SMILES string of the molecule is CC[NH+](CC)CCCNC(=O)c1oc2ccc(OC)cc2c1C. The molecule has 1 heterocycles. The van der Waals surface area contributed by atoms with E-state index in [9.17, 15) is 4.79 Å². The Morgan fingerprint density at radius 1 is 1.30 bits per heavy atom. The third kappa shape index (κ3) is 4.05. The Morgan fingerprint density at radius 2 is 2.04 bits per heavy atom. The number of carbonyl (C=O) groups is 1. The van der Waals surface area contributed by atoms with E-state index in [0.717, 1.165) is 42.8 Å². The quantitative estimate of drug-likeness (QED) is 0.730. The molecule has 0 radical (unpaired) electrons. The maximum Gasteiger partial charge on any atom is 0.287 e. The number of methoxy groups -OCH3 is 1. The molecule has 0 atom stereocenters. The molecule has 0 fully saturated rings. The second-order valence-electron chi connectivity index (χ2n) is 5.73. The highest BCUT2D eigenvalue weighted by molar-refractivity contribution is 5.99. The molecule has 1 aromatic carbocycles. The number of rotatable bonds is 8. The Hall–Kier alpha value is -2.01. The van der Waals surface area contributed by atoms with Crippen LogP contribution in [0.5, 0.6) is 5.75 Å². The van der Waals surface area contributed by atoms with E-state index in [1.165, 1.54) is 0 Å². The number of aryl methyl sites for hydroxylation is 1. The number of quaternary nitrogens is 1. The number of fused-ring (bicyclic) bond motifs is 1. The fraction of sp³-hybridized carbons (Fsp3) is 0.500. The zero-order valence-electron chi connectivity index (χ0n) is 14.5. The monoisotopic (exact) mass is 319 g/mol. The minimum absolute atomic E-state index is 0.146. The van der Waals surface area contributed by atoms with Crippen LogP contribution in [-0.2, 0) is 0 Å². The van der Waals surface area contributed by atoms with E-state index in [0.29, 0.717) is 17.9 Å². The predicted molar refractivity (Wildman–Crippen MR) is 91.4 cm³/mol. The number of hydrogen-bond acceptors (Lipinski definition) is 3. The van der Waals surface area contributed by atoms with E-state index in [1.54, 1.807) is 12.0 Å². The number of hydrogen-bond donors (Lipinski definition) is 2. The van der Waals surface area contributed by atoms with Crippen molar-refractivity contribution in [3.63, 3.8) is 0 Å². The molecule has 1 aromatic heterocycles. The van der Waals surface area contributed by atoms with Crippen molar-refractivity contribution in [2.24, 2.45) is 0 Å². The second kappa shape index (κ2) is 8.02. The first kappa shape index (κ1) is 17.3. The lowest BCUT2D eigenvalue weighted by atomic mass is 10.1. The maximum absolute atomic E-state index is 12.3. The smallest absolute Gasteiger partial charge is 0.287 e. The molecule has 23 heavy (non-hydrogen) atoms. The average Bonchev–Trinajstić information content (AvgIpc) is 2.91. The number of furan rings is 1. The highest BCUT2D eigenvalue weighted by Gasteiger charge is 2.17. The molecule has 0 aliphatic heterocycles. The summed E-state index contributed by atoms with van der Waals surface area (Å²) in [7, 11) is 1.63. The van der Waals surface area contributed by atoms with Gasteiger partial charge in [0.1, 0.15) is 11.3 Å². The van der Waals surface area contributed by atoms with Crippen molar-refractivity contribution < 1.29 is 18.8 Å². The molecule has 0 bridgehead atoms. The fourth-order valence-electron chi connectivity index (χ4n) is 2.77. The van der Waals surface area contributed by atoms with E-state index in [2.05, 4.69) is 19.2 Å². The zero-order chi connectivity index (χ0) is 16.8. The van der Waals surface area contributed by atoms with Gasteiger partial charge in [-0.1, -0.05) is 0 Å². The summed E-state index contributed by atoms with van der Waals surface area (Å²) >= 11 is 0. The van der Waals surface area contributed by atoms with Crippen LogP contribution < -0.4 is 15.0 Å². The van der Waals surface area contributed by atoms with Gasteiger partial charge in [0.2, 0.25) is 0 Å². The van der Waals surface area contributed by atoms with Gasteiger partial charge in [0.05, 0.1) is 26.7 Å². The third-order valence-corrected chi connectivity index (χ3v) is 4.34. The second-order valence-corrected chi connectivity index (χ2v) is 5.73. The summed E-state index contributed by atoms with van der Waals surface area (Å²) in [5.41, 5.74) is 1.56. The molecule has 1 amide bonds. The van der Waals surface area contributed by atoms with Gasteiger partial charge in [-0.15, -0.1) is 0 Å². The van der Waals surface area contributed by atoms with E-state index < -0.39 is 0 Å². The Bertz CT molecular complexity index is 660. The summed E-state index contributed by atoms with van der Waals surface area (Å²) in [6, 6.07) is 5.57. The van der Waals surface area contributed by atoms with Gasteiger partial charge >= 0.3 is 0 Å². The molecule has 0 saturated carbocycles. The fourth-order valence-corrected chi connectivity index (χ4v) is 2.77. The van der Waals surface area contributed by atoms with Gasteiger partial charge in [-0.3, -0.25) is 4.79 Å². The zero-order valence-corrected chi connectivity index (χ0v) is 14.5. The molecule has 2 aromatic rings. The summed E-state index contributed by atoms with van der Waals surface area (Å²) in [6.07, 6.45) is 0.968. The summed E-state index contributed by atoms with van der Waals surface area (Å²) < 4.78 is 10.9. The summed E-state index contributed by atoms with van der Waals surface area (Å²) in [5.74, 6) is 1.01. The maximum atomic E-state index is 12.3. The number of amides is 1. The standard InChI is InChI=1S/C18H26N2O3/c1-5-20(6-2)11-7-10-19-18(21)17-13(3)15-12-14(22-4)8-9-16(15)23-17/h8-9,12H,5-7,10-11H2,1-4H3,(H,19,21)/p+1. The summed E-state index contributed by atoms with van der Waals surface area (Å²) in [4.78, 5) is 13.9. The Kier molecular flexibility index (Phi) is 6.04. The average molecular weight is 319 g/mol. The molecular weight excluding hydrogens is 292 g/mol. The molecule has 2 N–H and O–H groups in total. The molecule has 0 aliphatic rings. The Morgan fingerprint density at radius 3 is 2.70 bits per heavy atom. The highest BCUT2D eigenvalue weighted by Crippen LogP contribution is 2.28. The molecule has 5 nitrogen and oxygen atoms in total. The Labute approximate surface area is 137 Å². The van der Waals surface area contributed by atoms with Crippen LogP contribution in [0.3, 0.4) is 0 Å².